The van der Waals surface area contributed by atoms with Crippen molar-refractivity contribution in [3.8, 4) is 0 Å². The van der Waals surface area contributed by atoms with Crippen LogP contribution in [0, 0.1) is 11.8 Å². The van der Waals surface area contributed by atoms with Crippen LogP contribution in [0.15, 0.2) is 0 Å². The predicted molar refractivity (Wildman–Crippen MR) is 65.0 cm³/mol. The van der Waals surface area contributed by atoms with Crippen LogP contribution >= 0.6 is 0 Å². The third-order valence-electron chi connectivity index (χ3n) is 3.81. The molecule has 2 heteroatoms. The van der Waals surface area contributed by atoms with Gasteiger partial charge in [-0.05, 0) is 37.6 Å². The topological polar surface area (TPSA) is 15.3 Å². The van der Waals surface area contributed by atoms with E-state index in [1.165, 1.54) is 38.9 Å². The van der Waals surface area contributed by atoms with Gasteiger partial charge in [-0.25, -0.2) is 0 Å². The summed E-state index contributed by atoms with van der Waals surface area (Å²) in [5.41, 5.74) is 0. The van der Waals surface area contributed by atoms with Crippen molar-refractivity contribution in [3.63, 3.8) is 0 Å². The van der Waals surface area contributed by atoms with Crippen molar-refractivity contribution >= 4 is 0 Å². The zero-order chi connectivity index (χ0) is 10.8. The fourth-order valence-electron chi connectivity index (χ4n) is 2.83. The number of nitrogens with zero attached hydrogens (tertiary/aromatic N) is 1. The molecule has 2 nitrogen and oxygen atoms in total. The maximum atomic E-state index is 3.65. The summed E-state index contributed by atoms with van der Waals surface area (Å²) < 4.78 is 0. The zero-order valence-electron chi connectivity index (χ0n) is 10.5. The van der Waals surface area contributed by atoms with Crippen molar-refractivity contribution in [1.29, 1.82) is 0 Å². The van der Waals surface area contributed by atoms with E-state index >= 15 is 0 Å². The normalized spacial score (nSPS) is 30.0. The standard InChI is InChI=1S/C13H26N2/c1-10(2)14-13-6-7-15(9-13)8-11(3)12-4-5-12/h10-14H,4-9H2,1-3H3. The first-order chi connectivity index (χ1) is 7.15. The van der Waals surface area contributed by atoms with Gasteiger partial charge in [-0.15, -0.1) is 0 Å². The average molecular weight is 210 g/mol. The molecule has 0 aromatic carbocycles. The highest BCUT2D eigenvalue weighted by Crippen LogP contribution is 2.37. The van der Waals surface area contributed by atoms with E-state index < -0.39 is 0 Å². The minimum atomic E-state index is 0.635. The molecule has 2 aliphatic rings. The van der Waals surface area contributed by atoms with Crippen LogP contribution in [0.2, 0.25) is 0 Å². The minimum absolute atomic E-state index is 0.635. The van der Waals surface area contributed by atoms with Crippen molar-refractivity contribution in [1.82, 2.24) is 10.2 Å². The van der Waals surface area contributed by atoms with Gasteiger partial charge in [-0.3, -0.25) is 0 Å². The fraction of sp³-hybridized carbons (Fsp3) is 1.00. The molecule has 0 aromatic heterocycles. The second kappa shape index (κ2) is 4.84. The molecule has 1 aliphatic heterocycles. The lowest BCUT2D eigenvalue weighted by Gasteiger charge is -2.21. The third kappa shape index (κ3) is 3.46. The van der Waals surface area contributed by atoms with Gasteiger partial charge in [0, 0.05) is 25.2 Å². The Balaban J connectivity index is 1.67. The van der Waals surface area contributed by atoms with Gasteiger partial charge in [0.25, 0.3) is 0 Å². The summed E-state index contributed by atoms with van der Waals surface area (Å²) in [6, 6.07) is 1.38. The van der Waals surface area contributed by atoms with Crippen LogP contribution in [0.3, 0.4) is 0 Å². The number of rotatable bonds is 5. The van der Waals surface area contributed by atoms with Gasteiger partial charge < -0.3 is 10.2 Å². The summed E-state index contributed by atoms with van der Waals surface area (Å²) in [6.07, 6.45) is 4.32. The summed E-state index contributed by atoms with van der Waals surface area (Å²) in [6.45, 7) is 10.8. The quantitative estimate of drug-likeness (QED) is 0.747. The highest BCUT2D eigenvalue weighted by molar-refractivity contribution is 4.86. The van der Waals surface area contributed by atoms with Crippen molar-refractivity contribution in [2.75, 3.05) is 19.6 Å². The largest absolute Gasteiger partial charge is 0.310 e. The van der Waals surface area contributed by atoms with Crippen molar-refractivity contribution < 1.29 is 0 Å². The van der Waals surface area contributed by atoms with Gasteiger partial charge in [0.2, 0.25) is 0 Å². The van der Waals surface area contributed by atoms with Crippen molar-refractivity contribution in [2.24, 2.45) is 11.8 Å². The summed E-state index contributed by atoms with van der Waals surface area (Å²) in [4.78, 5) is 2.66. The van der Waals surface area contributed by atoms with E-state index in [2.05, 4.69) is 31.0 Å². The van der Waals surface area contributed by atoms with Crippen molar-refractivity contribution in [3.05, 3.63) is 0 Å². The lowest BCUT2D eigenvalue weighted by molar-refractivity contribution is 0.264. The molecule has 1 heterocycles. The number of nitrogens with one attached hydrogen (secondary N) is 1. The van der Waals surface area contributed by atoms with Crippen LogP contribution in [-0.2, 0) is 0 Å². The highest BCUT2D eigenvalue weighted by atomic mass is 15.2. The minimum Gasteiger partial charge on any atom is -0.310 e. The molecule has 0 aromatic rings. The first-order valence-corrected chi connectivity index (χ1v) is 6.63. The number of likely N-dealkylation sites (tertiary alicyclic amines) is 1. The molecule has 0 amide bonds. The Labute approximate surface area is 94.4 Å². The van der Waals surface area contributed by atoms with Crippen LogP contribution in [0.25, 0.3) is 0 Å². The van der Waals surface area contributed by atoms with E-state index in [1.54, 1.807) is 0 Å². The summed E-state index contributed by atoms with van der Waals surface area (Å²) in [5.74, 6) is 1.99. The average Bonchev–Trinajstić information content (AvgIpc) is 2.90. The third-order valence-corrected chi connectivity index (χ3v) is 3.81. The predicted octanol–water partition coefficient (Wildman–Crippen LogP) is 2.10. The van der Waals surface area contributed by atoms with E-state index in [4.69, 9.17) is 0 Å². The van der Waals surface area contributed by atoms with Crippen LogP contribution in [0.1, 0.15) is 40.0 Å². The van der Waals surface area contributed by atoms with Gasteiger partial charge in [0.05, 0.1) is 0 Å². The lowest BCUT2D eigenvalue weighted by Crippen LogP contribution is -2.37. The molecule has 1 N–H and O–H groups in total. The SMILES string of the molecule is CC(C)NC1CCN(CC(C)C2CC2)C1. The van der Waals surface area contributed by atoms with Crippen LogP contribution < -0.4 is 5.32 Å². The van der Waals surface area contributed by atoms with Gasteiger partial charge in [0.15, 0.2) is 0 Å². The van der Waals surface area contributed by atoms with E-state index in [-0.39, 0.29) is 0 Å². The first-order valence-electron chi connectivity index (χ1n) is 6.63. The molecular weight excluding hydrogens is 184 g/mol. The molecule has 2 fully saturated rings. The molecule has 15 heavy (non-hydrogen) atoms. The summed E-state index contributed by atoms with van der Waals surface area (Å²) in [5, 5.41) is 3.65. The second-order valence-electron chi connectivity index (χ2n) is 5.88. The highest BCUT2D eigenvalue weighted by Gasteiger charge is 2.31. The van der Waals surface area contributed by atoms with E-state index in [0.29, 0.717) is 6.04 Å². The zero-order valence-corrected chi connectivity index (χ0v) is 10.5. The van der Waals surface area contributed by atoms with Crippen LogP contribution in [0.4, 0.5) is 0 Å². The smallest absolute Gasteiger partial charge is 0.0209 e. The molecule has 1 saturated carbocycles. The van der Waals surface area contributed by atoms with Crippen molar-refractivity contribution in [2.45, 2.75) is 52.1 Å². The fourth-order valence-corrected chi connectivity index (χ4v) is 2.83. The maximum Gasteiger partial charge on any atom is 0.0209 e. The maximum absolute atomic E-state index is 3.65. The van der Waals surface area contributed by atoms with E-state index in [1.807, 2.05) is 0 Å². The molecule has 2 rings (SSSR count). The Morgan fingerprint density at radius 1 is 1.20 bits per heavy atom. The summed E-state index contributed by atoms with van der Waals surface area (Å²) in [7, 11) is 0. The lowest BCUT2D eigenvalue weighted by atomic mass is 10.1. The molecule has 2 unspecified atom stereocenters. The van der Waals surface area contributed by atoms with Gasteiger partial charge >= 0.3 is 0 Å². The van der Waals surface area contributed by atoms with E-state index in [9.17, 15) is 0 Å². The Morgan fingerprint density at radius 2 is 1.93 bits per heavy atom. The Kier molecular flexibility index (Phi) is 3.68. The van der Waals surface area contributed by atoms with Crippen LogP contribution in [0.5, 0.6) is 0 Å². The molecule has 1 aliphatic carbocycles. The Bertz CT molecular complexity index is 199. The number of hydrogen-bond donors (Lipinski definition) is 1. The van der Waals surface area contributed by atoms with Gasteiger partial charge in [-0.1, -0.05) is 20.8 Å². The first kappa shape index (κ1) is 11.4. The molecule has 0 bridgehead atoms. The summed E-state index contributed by atoms with van der Waals surface area (Å²) >= 11 is 0. The molecule has 88 valence electrons. The second-order valence-corrected chi connectivity index (χ2v) is 5.88. The Morgan fingerprint density at radius 3 is 2.53 bits per heavy atom. The molecular formula is C13H26N2. The molecule has 0 spiro atoms. The van der Waals surface area contributed by atoms with Crippen LogP contribution in [-0.4, -0.2) is 36.6 Å². The monoisotopic (exact) mass is 210 g/mol. The van der Waals surface area contributed by atoms with E-state index in [0.717, 1.165) is 17.9 Å². The number of hydrogen-bond acceptors (Lipinski definition) is 2. The molecule has 1 saturated heterocycles. The van der Waals surface area contributed by atoms with Gasteiger partial charge in [0.1, 0.15) is 0 Å². The van der Waals surface area contributed by atoms with Gasteiger partial charge in [-0.2, -0.15) is 0 Å². The molecule has 0 radical (unpaired) electrons. The Hall–Kier alpha value is -0.0800. The molecule has 2 atom stereocenters.